The zero-order chi connectivity index (χ0) is 11.6. The van der Waals surface area contributed by atoms with Gasteiger partial charge in [-0.25, -0.2) is 4.98 Å². The fraction of sp³-hybridized carbons (Fsp3) is 0.727. The van der Waals surface area contributed by atoms with E-state index < -0.39 is 0 Å². The van der Waals surface area contributed by atoms with Crippen LogP contribution in [0.5, 0.6) is 0 Å². The Hall–Kier alpha value is -1.23. The Morgan fingerprint density at radius 2 is 2.50 bits per heavy atom. The smallest absolute Gasteiger partial charge is 0.147 e. The first kappa shape index (κ1) is 11.3. The van der Waals surface area contributed by atoms with Crippen LogP contribution >= 0.6 is 0 Å². The molecule has 5 nitrogen and oxygen atoms in total. The summed E-state index contributed by atoms with van der Waals surface area (Å²) in [5.74, 6) is 1.04. The molecule has 0 spiro atoms. The molecular formula is C11H18N4O. The second kappa shape index (κ2) is 4.33. The number of hydrogen-bond acceptors (Lipinski definition) is 4. The lowest BCUT2D eigenvalue weighted by Gasteiger charge is -2.24. The maximum atomic E-state index is 12.3. The number of rotatable bonds is 4. The fourth-order valence-corrected chi connectivity index (χ4v) is 2.29. The topological polar surface area (TPSA) is 59.8 Å². The number of carbonyl (C=O) groups is 1. The van der Waals surface area contributed by atoms with Gasteiger partial charge in [0.1, 0.15) is 17.9 Å². The van der Waals surface area contributed by atoms with Crippen LogP contribution in [0.2, 0.25) is 0 Å². The number of carbonyl (C=O) groups excluding carboxylic acids is 1. The molecule has 1 N–H and O–H groups in total. The normalized spacial score (nSPS) is 24.9. The molecule has 0 amide bonds. The van der Waals surface area contributed by atoms with Crippen LogP contribution in [0, 0.1) is 5.41 Å². The molecule has 0 saturated carbocycles. The zero-order valence-electron chi connectivity index (χ0n) is 9.86. The highest BCUT2D eigenvalue weighted by Crippen LogP contribution is 2.31. The Kier molecular flexibility index (Phi) is 3.05. The number of nitrogens with zero attached hydrogens (tertiary/aromatic N) is 3. The summed E-state index contributed by atoms with van der Waals surface area (Å²) >= 11 is 0. The van der Waals surface area contributed by atoms with Crippen LogP contribution in [0.15, 0.2) is 6.33 Å². The van der Waals surface area contributed by atoms with Gasteiger partial charge in [-0.2, -0.15) is 5.10 Å². The molecule has 1 atom stereocenters. The largest absolute Gasteiger partial charge is 0.316 e. The van der Waals surface area contributed by atoms with Crippen LogP contribution in [0.4, 0.5) is 0 Å². The predicted octanol–water partition coefficient (Wildman–Crippen LogP) is 0.316. The van der Waals surface area contributed by atoms with Crippen molar-refractivity contribution < 1.29 is 4.79 Å². The third-order valence-electron chi connectivity index (χ3n) is 3.64. The van der Waals surface area contributed by atoms with Crippen molar-refractivity contribution in [1.82, 2.24) is 20.1 Å². The van der Waals surface area contributed by atoms with E-state index in [1.807, 2.05) is 7.05 Å². The standard InChI is InChI=1S/C11H18N4O/c1-3-11(4-5-12-7-11)9(16)6-10-13-8-14-15(10)2/h8,12H,3-7H2,1-2H3. The third kappa shape index (κ3) is 1.87. The third-order valence-corrected chi connectivity index (χ3v) is 3.64. The molecule has 0 aromatic carbocycles. The molecule has 0 aliphatic carbocycles. The van der Waals surface area contributed by atoms with Crippen LogP contribution in [0.1, 0.15) is 25.6 Å². The lowest BCUT2D eigenvalue weighted by atomic mass is 9.78. The molecule has 1 fully saturated rings. The molecule has 1 unspecified atom stereocenters. The Balaban J connectivity index is 2.10. The van der Waals surface area contributed by atoms with Crippen LogP contribution < -0.4 is 5.32 Å². The van der Waals surface area contributed by atoms with Crippen LogP contribution in [0.25, 0.3) is 0 Å². The van der Waals surface area contributed by atoms with Gasteiger partial charge in [-0.15, -0.1) is 0 Å². The zero-order valence-corrected chi connectivity index (χ0v) is 9.86. The molecule has 1 saturated heterocycles. The molecule has 2 rings (SSSR count). The number of ketones is 1. The quantitative estimate of drug-likeness (QED) is 0.797. The van der Waals surface area contributed by atoms with Gasteiger partial charge in [-0.05, 0) is 19.4 Å². The van der Waals surface area contributed by atoms with E-state index in [9.17, 15) is 4.79 Å². The molecule has 0 bridgehead atoms. The van der Waals surface area contributed by atoms with E-state index in [0.717, 1.165) is 31.8 Å². The highest BCUT2D eigenvalue weighted by molar-refractivity contribution is 5.86. The molecular weight excluding hydrogens is 204 g/mol. The minimum Gasteiger partial charge on any atom is -0.316 e. The van der Waals surface area contributed by atoms with Crippen molar-refractivity contribution in [2.75, 3.05) is 13.1 Å². The van der Waals surface area contributed by atoms with E-state index in [-0.39, 0.29) is 11.2 Å². The predicted molar refractivity (Wildman–Crippen MR) is 59.9 cm³/mol. The van der Waals surface area contributed by atoms with Crippen molar-refractivity contribution >= 4 is 5.78 Å². The first-order chi connectivity index (χ1) is 7.68. The molecule has 2 heterocycles. The first-order valence-electron chi connectivity index (χ1n) is 5.75. The molecule has 1 aliphatic rings. The van der Waals surface area contributed by atoms with Gasteiger partial charge in [-0.3, -0.25) is 9.48 Å². The van der Waals surface area contributed by atoms with E-state index in [1.165, 1.54) is 6.33 Å². The molecule has 1 aliphatic heterocycles. The number of aromatic nitrogens is 3. The van der Waals surface area contributed by atoms with Gasteiger partial charge in [0.25, 0.3) is 0 Å². The summed E-state index contributed by atoms with van der Waals surface area (Å²) in [5.41, 5.74) is -0.175. The van der Waals surface area contributed by atoms with Gasteiger partial charge < -0.3 is 5.32 Å². The number of hydrogen-bond donors (Lipinski definition) is 1. The second-order valence-corrected chi connectivity index (χ2v) is 4.46. The summed E-state index contributed by atoms with van der Waals surface area (Å²) < 4.78 is 1.67. The molecule has 16 heavy (non-hydrogen) atoms. The molecule has 1 aromatic rings. The van der Waals surface area contributed by atoms with Gasteiger partial charge in [0.05, 0.1) is 6.42 Å². The Morgan fingerprint density at radius 3 is 3.00 bits per heavy atom. The summed E-state index contributed by atoms with van der Waals surface area (Å²) in [4.78, 5) is 16.4. The minimum atomic E-state index is -0.175. The van der Waals surface area contributed by atoms with Gasteiger partial charge in [0, 0.05) is 19.0 Å². The van der Waals surface area contributed by atoms with Crippen LogP contribution in [0.3, 0.4) is 0 Å². The van der Waals surface area contributed by atoms with Gasteiger partial charge in [-0.1, -0.05) is 6.92 Å². The lowest BCUT2D eigenvalue weighted by molar-refractivity contribution is -0.127. The number of Topliss-reactive ketones (excluding diaryl/α,β-unsaturated/α-hetero) is 1. The van der Waals surface area contributed by atoms with Crippen LogP contribution in [-0.4, -0.2) is 33.6 Å². The van der Waals surface area contributed by atoms with Crippen LogP contribution in [-0.2, 0) is 18.3 Å². The van der Waals surface area contributed by atoms with Gasteiger partial charge in [0.15, 0.2) is 0 Å². The fourth-order valence-electron chi connectivity index (χ4n) is 2.29. The summed E-state index contributed by atoms with van der Waals surface area (Å²) in [6.45, 7) is 3.83. The monoisotopic (exact) mass is 222 g/mol. The second-order valence-electron chi connectivity index (χ2n) is 4.46. The summed E-state index contributed by atoms with van der Waals surface area (Å²) in [7, 11) is 1.82. The minimum absolute atomic E-state index is 0.175. The van der Waals surface area contributed by atoms with Crippen molar-refractivity contribution in [2.24, 2.45) is 12.5 Å². The average Bonchev–Trinajstić information content (AvgIpc) is 2.89. The Morgan fingerprint density at radius 1 is 1.69 bits per heavy atom. The van der Waals surface area contributed by atoms with E-state index in [0.29, 0.717) is 6.42 Å². The van der Waals surface area contributed by atoms with E-state index in [4.69, 9.17) is 0 Å². The Bertz CT molecular complexity index is 379. The van der Waals surface area contributed by atoms with Crippen molar-refractivity contribution in [2.45, 2.75) is 26.2 Å². The molecule has 1 aromatic heterocycles. The van der Waals surface area contributed by atoms with Crippen molar-refractivity contribution in [1.29, 1.82) is 0 Å². The maximum absolute atomic E-state index is 12.3. The van der Waals surface area contributed by atoms with E-state index in [2.05, 4.69) is 22.3 Å². The van der Waals surface area contributed by atoms with E-state index in [1.54, 1.807) is 4.68 Å². The summed E-state index contributed by atoms with van der Waals surface area (Å²) in [6, 6.07) is 0. The molecule has 5 heteroatoms. The highest BCUT2D eigenvalue weighted by atomic mass is 16.1. The molecule has 0 radical (unpaired) electrons. The SMILES string of the molecule is CCC1(C(=O)Cc2ncnn2C)CCNC1. The molecule has 88 valence electrons. The van der Waals surface area contributed by atoms with Crippen molar-refractivity contribution in [3.63, 3.8) is 0 Å². The number of nitrogens with one attached hydrogen (secondary N) is 1. The van der Waals surface area contributed by atoms with Crippen molar-refractivity contribution in [3.05, 3.63) is 12.2 Å². The maximum Gasteiger partial charge on any atom is 0.147 e. The summed E-state index contributed by atoms with van der Waals surface area (Å²) in [6.07, 6.45) is 3.73. The van der Waals surface area contributed by atoms with Crippen molar-refractivity contribution in [3.8, 4) is 0 Å². The summed E-state index contributed by atoms with van der Waals surface area (Å²) in [5, 5.41) is 7.26. The first-order valence-corrected chi connectivity index (χ1v) is 5.75. The lowest BCUT2D eigenvalue weighted by Crippen LogP contribution is -2.34. The van der Waals surface area contributed by atoms with E-state index >= 15 is 0 Å². The Labute approximate surface area is 95.2 Å². The van der Waals surface area contributed by atoms with Gasteiger partial charge in [0.2, 0.25) is 0 Å². The van der Waals surface area contributed by atoms with Gasteiger partial charge >= 0.3 is 0 Å². The number of aryl methyl sites for hydroxylation is 1. The average molecular weight is 222 g/mol. The highest BCUT2D eigenvalue weighted by Gasteiger charge is 2.39.